The van der Waals surface area contributed by atoms with Gasteiger partial charge in [0.15, 0.2) is 0 Å². The molecule has 4 atom stereocenters. The standard InChI is InChI=1S/C22H37IN6O4P/c1-6-18-19(33-34(31-12-8-11-24)29(15(2)3)16(4)5)13-20(32-18)28-14-25-21(26-22(28)30)27-23-17-9-7-10-17/h14-20H,6-10,12-13H2,1-5H3,(H,26,27,30)/q-1/t18-,19?,20-,34?/m1/s1. The molecule has 10 nitrogen and oxygen atoms in total. The summed E-state index contributed by atoms with van der Waals surface area (Å²) in [4.78, 5) is 21.2. The van der Waals surface area contributed by atoms with Gasteiger partial charge >= 0.3 is 169 Å². The summed E-state index contributed by atoms with van der Waals surface area (Å²) in [6, 6.07) is 2.55. The molecular formula is C22H37IN6O4P-. The van der Waals surface area contributed by atoms with Crippen LogP contribution < -0.4 is 30.7 Å². The van der Waals surface area contributed by atoms with Crippen LogP contribution in [0, 0.1) is 11.3 Å². The zero-order valence-corrected chi connectivity index (χ0v) is 23.7. The number of nitriles is 1. The molecule has 1 aromatic heterocycles. The fourth-order valence-corrected chi connectivity index (χ4v) is 8.18. The minimum atomic E-state index is -1.39. The van der Waals surface area contributed by atoms with E-state index < -0.39 is 14.8 Å². The van der Waals surface area contributed by atoms with E-state index in [2.05, 4.69) is 51.9 Å². The molecule has 2 fully saturated rings. The predicted molar refractivity (Wildman–Crippen MR) is 126 cm³/mol. The van der Waals surface area contributed by atoms with E-state index in [-0.39, 0.29) is 51.5 Å². The van der Waals surface area contributed by atoms with Crippen LogP contribution in [0.2, 0.25) is 0 Å². The quantitative estimate of drug-likeness (QED) is 0.115. The van der Waals surface area contributed by atoms with Gasteiger partial charge in [-0.2, -0.15) is 5.26 Å². The Labute approximate surface area is 214 Å². The third-order valence-electron chi connectivity index (χ3n) is 5.84. The van der Waals surface area contributed by atoms with Crippen molar-refractivity contribution in [3.8, 4) is 6.07 Å². The molecule has 1 aromatic rings. The van der Waals surface area contributed by atoms with E-state index in [9.17, 15) is 4.79 Å². The molecule has 3 rings (SSSR count). The Bertz CT molecular complexity index is 870. The molecule has 2 aliphatic rings. The number of alkyl halides is 1. The second kappa shape index (κ2) is 13.4. The minimum Gasteiger partial charge on any atom is -0.0493 e. The Balaban J connectivity index is 1.69. The maximum atomic E-state index is 12.7. The first-order valence-corrected chi connectivity index (χ1v) is 15.5. The number of hydrogen-bond donors (Lipinski definition) is 1. The van der Waals surface area contributed by atoms with Crippen molar-refractivity contribution < 1.29 is 35.3 Å². The van der Waals surface area contributed by atoms with Gasteiger partial charge in [0, 0.05) is 0 Å². The molecule has 2 heterocycles. The molecular weight excluding hydrogens is 570 g/mol. The molecule has 1 saturated heterocycles. The van der Waals surface area contributed by atoms with E-state index in [1.807, 2.05) is 6.92 Å². The van der Waals surface area contributed by atoms with Gasteiger partial charge in [-0.15, -0.1) is 0 Å². The third-order valence-corrected chi connectivity index (χ3v) is 10.9. The van der Waals surface area contributed by atoms with Crippen LogP contribution in [0.15, 0.2) is 11.1 Å². The molecule has 1 aliphatic carbocycles. The van der Waals surface area contributed by atoms with Gasteiger partial charge in [0.25, 0.3) is 0 Å². The molecule has 0 spiro atoms. The zero-order valence-electron chi connectivity index (χ0n) is 20.7. The molecule has 192 valence electrons. The molecule has 34 heavy (non-hydrogen) atoms. The van der Waals surface area contributed by atoms with Gasteiger partial charge in [0.05, 0.1) is 12.5 Å². The van der Waals surface area contributed by atoms with Crippen molar-refractivity contribution in [3.05, 3.63) is 16.8 Å². The van der Waals surface area contributed by atoms with E-state index in [4.69, 9.17) is 19.0 Å². The van der Waals surface area contributed by atoms with Crippen LogP contribution >= 0.6 is 8.53 Å². The van der Waals surface area contributed by atoms with E-state index >= 15 is 0 Å². The van der Waals surface area contributed by atoms with Crippen molar-refractivity contribution in [2.45, 2.75) is 108 Å². The second-order valence-corrected chi connectivity index (χ2v) is 13.4. The molecule has 0 amide bonds. The Hall–Kier alpha value is -0.900. The SMILES string of the molecule is CC[C@H]1O[C@@H](n2cnc(N[I-]C3CCC3)nc2=O)CC1OP(OCCC#N)N(C(C)C)C(C)C. The van der Waals surface area contributed by atoms with Gasteiger partial charge in [-0.3, -0.25) is 0 Å². The number of hydrogen-bond acceptors (Lipinski definition) is 9. The Morgan fingerprint density at radius 3 is 2.68 bits per heavy atom. The number of nitrogens with zero attached hydrogens (tertiary/aromatic N) is 5. The van der Waals surface area contributed by atoms with Gasteiger partial charge < -0.3 is 0 Å². The molecule has 2 unspecified atom stereocenters. The Morgan fingerprint density at radius 2 is 2.12 bits per heavy atom. The number of anilines is 1. The molecule has 12 heteroatoms. The Kier molecular flexibility index (Phi) is 10.9. The topological polar surface area (TPSA) is 115 Å². The number of nitrogens with one attached hydrogen (secondary N) is 1. The molecule has 1 aliphatic heterocycles. The van der Waals surface area contributed by atoms with Gasteiger partial charge in [0.1, 0.15) is 0 Å². The number of aromatic nitrogens is 3. The monoisotopic (exact) mass is 607 g/mol. The molecule has 0 radical (unpaired) electrons. The van der Waals surface area contributed by atoms with E-state index in [0.29, 0.717) is 25.4 Å². The predicted octanol–water partition coefficient (Wildman–Crippen LogP) is 0.965. The summed E-state index contributed by atoms with van der Waals surface area (Å²) in [5, 5.41) is 8.94. The van der Waals surface area contributed by atoms with Gasteiger partial charge in [-0.05, 0) is 27.7 Å². The summed E-state index contributed by atoms with van der Waals surface area (Å²) in [6.07, 6.45) is 6.02. The molecule has 0 bridgehead atoms. The summed E-state index contributed by atoms with van der Waals surface area (Å²) in [6.45, 7) is 10.8. The van der Waals surface area contributed by atoms with Crippen molar-refractivity contribution in [1.29, 1.82) is 5.26 Å². The average molecular weight is 607 g/mol. The summed E-state index contributed by atoms with van der Waals surface area (Å²) in [5.74, 6) is 0.415. The van der Waals surface area contributed by atoms with Gasteiger partial charge in [-0.1, -0.05) is 0 Å². The van der Waals surface area contributed by atoms with Crippen molar-refractivity contribution in [1.82, 2.24) is 19.2 Å². The number of ether oxygens (including phenoxy) is 1. The summed E-state index contributed by atoms with van der Waals surface area (Å²) in [7, 11) is -1.39. The van der Waals surface area contributed by atoms with E-state index in [1.165, 1.54) is 30.2 Å². The summed E-state index contributed by atoms with van der Waals surface area (Å²) >= 11 is -0.227. The van der Waals surface area contributed by atoms with Gasteiger partial charge in [-0.25, -0.2) is 0 Å². The number of rotatable bonds is 13. The van der Waals surface area contributed by atoms with Crippen LogP contribution in [0.25, 0.3) is 0 Å². The fraction of sp³-hybridized carbons (Fsp3) is 0.818. The summed E-state index contributed by atoms with van der Waals surface area (Å²) < 4.78 is 26.5. The zero-order chi connectivity index (χ0) is 24.7. The fourth-order valence-electron chi connectivity index (χ4n) is 3.93. The molecule has 1 N–H and O–H groups in total. The van der Waals surface area contributed by atoms with E-state index in [0.717, 1.165) is 10.3 Å². The summed E-state index contributed by atoms with van der Waals surface area (Å²) in [5.41, 5.74) is -0.367. The van der Waals surface area contributed by atoms with Crippen LogP contribution in [-0.4, -0.2) is 54.0 Å². The van der Waals surface area contributed by atoms with Crippen molar-refractivity contribution in [2.75, 3.05) is 10.1 Å². The van der Waals surface area contributed by atoms with Crippen molar-refractivity contribution in [2.24, 2.45) is 0 Å². The first-order chi connectivity index (χ1) is 16.3. The van der Waals surface area contributed by atoms with Crippen molar-refractivity contribution in [3.63, 3.8) is 0 Å². The third kappa shape index (κ3) is 7.31. The smallest absolute Gasteiger partial charge is 0.0493 e. The Morgan fingerprint density at radius 1 is 1.38 bits per heavy atom. The van der Waals surface area contributed by atoms with Gasteiger partial charge in [0.2, 0.25) is 0 Å². The van der Waals surface area contributed by atoms with Crippen LogP contribution in [0.4, 0.5) is 5.95 Å². The molecule has 0 aromatic carbocycles. The normalized spacial score (nSPS) is 24.0. The van der Waals surface area contributed by atoms with Crippen LogP contribution in [0.5, 0.6) is 0 Å². The van der Waals surface area contributed by atoms with Crippen LogP contribution in [-0.2, 0) is 13.8 Å². The first kappa shape index (κ1) is 27.7. The van der Waals surface area contributed by atoms with E-state index in [1.54, 1.807) is 0 Å². The number of halogens is 1. The van der Waals surface area contributed by atoms with Crippen molar-refractivity contribution >= 4 is 14.5 Å². The first-order valence-electron chi connectivity index (χ1n) is 12.1. The average Bonchev–Trinajstić information content (AvgIpc) is 3.14. The maximum absolute atomic E-state index is 12.7. The second-order valence-electron chi connectivity index (χ2n) is 9.07. The minimum absolute atomic E-state index is 0.176. The van der Waals surface area contributed by atoms with Crippen LogP contribution in [0.1, 0.15) is 79.4 Å². The van der Waals surface area contributed by atoms with Crippen LogP contribution in [0.3, 0.4) is 0 Å². The molecule has 1 saturated carbocycles.